The lowest BCUT2D eigenvalue weighted by Gasteiger charge is -2.07. The van der Waals surface area contributed by atoms with Gasteiger partial charge in [0.1, 0.15) is 11.6 Å². The molecule has 2 nitrogen and oxygen atoms in total. The molecule has 0 fully saturated rings. The van der Waals surface area contributed by atoms with Crippen LogP contribution in [0.3, 0.4) is 0 Å². The molecule has 2 aromatic rings. The standard InChI is InChI=1S/C15H10F2O2/c16-12-7-4-11(5-8-12)15-10(6-9-14(18)19)2-1-3-13(15)17/h1-9H,(H,18,19). The van der Waals surface area contributed by atoms with E-state index in [1.54, 1.807) is 6.07 Å². The van der Waals surface area contributed by atoms with Crippen LogP contribution in [0.25, 0.3) is 17.2 Å². The molecular formula is C15H10F2O2. The molecule has 2 aromatic carbocycles. The summed E-state index contributed by atoms with van der Waals surface area (Å²) in [5.41, 5.74) is 1.17. The third kappa shape index (κ3) is 3.04. The smallest absolute Gasteiger partial charge is 0.328 e. The van der Waals surface area contributed by atoms with Crippen LogP contribution in [0.2, 0.25) is 0 Å². The average molecular weight is 260 g/mol. The minimum absolute atomic E-state index is 0.250. The second-order valence-electron chi connectivity index (χ2n) is 3.88. The fourth-order valence-electron chi connectivity index (χ4n) is 1.76. The fraction of sp³-hybridized carbons (Fsp3) is 0. The van der Waals surface area contributed by atoms with E-state index in [0.29, 0.717) is 11.1 Å². The Bertz CT molecular complexity index is 631. The Morgan fingerprint density at radius 2 is 1.74 bits per heavy atom. The number of rotatable bonds is 3. The predicted molar refractivity (Wildman–Crippen MR) is 68.5 cm³/mol. The molecule has 96 valence electrons. The third-order valence-corrected chi connectivity index (χ3v) is 2.58. The van der Waals surface area contributed by atoms with E-state index in [1.807, 2.05) is 0 Å². The van der Waals surface area contributed by atoms with Crippen LogP contribution in [0.15, 0.2) is 48.5 Å². The highest BCUT2D eigenvalue weighted by molar-refractivity contribution is 5.88. The molecule has 0 atom stereocenters. The number of hydrogen-bond donors (Lipinski definition) is 1. The van der Waals surface area contributed by atoms with Crippen LogP contribution in [0.1, 0.15) is 5.56 Å². The predicted octanol–water partition coefficient (Wildman–Crippen LogP) is 3.73. The number of benzene rings is 2. The van der Waals surface area contributed by atoms with Crippen molar-refractivity contribution in [3.05, 3.63) is 65.7 Å². The van der Waals surface area contributed by atoms with Crippen molar-refractivity contribution in [3.63, 3.8) is 0 Å². The van der Waals surface area contributed by atoms with Crippen molar-refractivity contribution in [2.24, 2.45) is 0 Å². The van der Waals surface area contributed by atoms with Gasteiger partial charge in [-0.15, -0.1) is 0 Å². The minimum atomic E-state index is -1.12. The SMILES string of the molecule is O=C(O)C=Cc1cccc(F)c1-c1ccc(F)cc1. The van der Waals surface area contributed by atoms with Gasteiger partial charge in [0.05, 0.1) is 0 Å². The van der Waals surface area contributed by atoms with Crippen LogP contribution in [-0.4, -0.2) is 11.1 Å². The van der Waals surface area contributed by atoms with Crippen LogP contribution in [0.4, 0.5) is 8.78 Å². The van der Waals surface area contributed by atoms with Gasteiger partial charge in [0.2, 0.25) is 0 Å². The molecule has 19 heavy (non-hydrogen) atoms. The summed E-state index contributed by atoms with van der Waals surface area (Å²) in [4.78, 5) is 10.5. The summed E-state index contributed by atoms with van der Waals surface area (Å²) < 4.78 is 26.8. The molecule has 2 rings (SSSR count). The van der Waals surface area contributed by atoms with E-state index in [1.165, 1.54) is 42.5 Å². The first-order valence-electron chi connectivity index (χ1n) is 5.53. The summed E-state index contributed by atoms with van der Waals surface area (Å²) in [6.07, 6.45) is 2.24. The van der Waals surface area contributed by atoms with Crippen molar-refractivity contribution < 1.29 is 18.7 Å². The Labute approximate surface area is 108 Å². The van der Waals surface area contributed by atoms with Gasteiger partial charge >= 0.3 is 5.97 Å². The Balaban J connectivity index is 2.55. The van der Waals surface area contributed by atoms with E-state index in [9.17, 15) is 13.6 Å². The summed E-state index contributed by atoms with van der Waals surface area (Å²) in [5.74, 6) is -2.02. The Hall–Kier alpha value is -2.49. The lowest BCUT2D eigenvalue weighted by molar-refractivity contribution is -0.131. The Morgan fingerprint density at radius 1 is 1.05 bits per heavy atom. The van der Waals surface area contributed by atoms with Crippen LogP contribution in [0, 0.1) is 11.6 Å². The van der Waals surface area contributed by atoms with Gasteiger partial charge in [-0.25, -0.2) is 13.6 Å². The van der Waals surface area contributed by atoms with Crippen molar-refractivity contribution in [2.75, 3.05) is 0 Å². The zero-order valence-corrected chi connectivity index (χ0v) is 9.81. The van der Waals surface area contributed by atoms with Gasteiger partial charge in [-0.3, -0.25) is 0 Å². The number of aliphatic carboxylic acids is 1. The molecule has 0 aliphatic carbocycles. The second kappa shape index (κ2) is 5.44. The van der Waals surface area contributed by atoms with Crippen molar-refractivity contribution >= 4 is 12.0 Å². The molecule has 0 heterocycles. The largest absolute Gasteiger partial charge is 0.478 e. The molecule has 0 radical (unpaired) electrons. The van der Waals surface area contributed by atoms with Crippen LogP contribution in [0.5, 0.6) is 0 Å². The first-order valence-corrected chi connectivity index (χ1v) is 5.53. The van der Waals surface area contributed by atoms with E-state index < -0.39 is 17.6 Å². The molecule has 0 aromatic heterocycles. The number of carbonyl (C=O) groups is 1. The van der Waals surface area contributed by atoms with Gasteiger partial charge in [0, 0.05) is 11.6 Å². The normalized spacial score (nSPS) is 10.8. The van der Waals surface area contributed by atoms with Crippen LogP contribution in [-0.2, 0) is 4.79 Å². The van der Waals surface area contributed by atoms with Gasteiger partial charge in [0.25, 0.3) is 0 Å². The molecule has 4 heteroatoms. The third-order valence-electron chi connectivity index (χ3n) is 2.58. The zero-order chi connectivity index (χ0) is 13.8. The quantitative estimate of drug-likeness (QED) is 0.854. The molecule has 1 N–H and O–H groups in total. The number of hydrogen-bond acceptors (Lipinski definition) is 1. The van der Waals surface area contributed by atoms with Crippen molar-refractivity contribution in [2.45, 2.75) is 0 Å². The maximum atomic E-state index is 13.9. The van der Waals surface area contributed by atoms with E-state index in [0.717, 1.165) is 6.08 Å². The number of carboxylic acid groups (broad SMARTS) is 1. The molecule has 0 aliphatic heterocycles. The maximum Gasteiger partial charge on any atom is 0.328 e. The second-order valence-corrected chi connectivity index (χ2v) is 3.88. The monoisotopic (exact) mass is 260 g/mol. The molecule has 0 aliphatic rings. The number of halogens is 2. The molecule has 0 amide bonds. The Kier molecular flexibility index (Phi) is 3.71. The molecule has 0 saturated carbocycles. The van der Waals surface area contributed by atoms with Gasteiger partial charge < -0.3 is 5.11 Å². The van der Waals surface area contributed by atoms with Crippen LogP contribution < -0.4 is 0 Å². The lowest BCUT2D eigenvalue weighted by Crippen LogP contribution is -1.91. The highest BCUT2D eigenvalue weighted by Crippen LogP contribution is 2.28. The van der Waals surface area contributed by atoms with Crippen molar-refractivity contribution in [1.29, 1.82) is 0 Å². The Morgan fingerprint density at radius 3 is 2.37 bits per heavy atom. The van der Waals surface area contributed by atoms with Gasteiger partial charge in [-0.05, 0) is 35.4 Å². The topological polar surface area (TPSA) is 37.3 Å². The van der Waals surface area contributed by atoms with Gasteiger partial charge in [-0.2, -0.15) is 0 Å². The first-order chi connectivity index (χ1) is 9.08. The van der Waals surface area contributed by atoms with Crippen molar-refractivity contribution in [3.8, 4) is 11.1 Å². The van der Waals surface area contributed by atoms with Gasteiger partial charge in [0.15, 0.2) is 0 Å². The van der Waals surface area contributed by atoms with Gasteiger partial charge in [-0.1, -0.05) is 24.3 Å². The molecule has 0 saturated heterocycles. The van der Waals surface area contributed by atoms with E-state index >= 15 is 0 Å². The highest BCUT2D eigenvalue weighted by atomic mass is 19.1. The van der Waals surface area contributed by atoms with Crippen molar-refractivity contribution in [1.82, 2.24) is 0 Å². The minimum Gasteiger partial charge on any atom is -0.478 e. The van der Waals surface area contributed by atoms with E-state index in [-0.39, 0.29) is 5.56 Å². The summed E-state index contributed by atoms with van der Waals surface area (Å²) >= 11 is 0. The lowest BCUT2D eigenvalue weighted by atomic mass is 9.98. The fourth-order valence-corrected chi connectivity index (χ4v) is 1.76. The zero-order valence-electron chi connectivity index (χ0n) is 9.81. The summed E-state index contributed by atoms with van der Waals surface area (Å²) in [7, 11) is 0. The summed E-state index contributed by atoms with van der Waals surface area (Å²) in [6, 6.07) is 9.72. The van der Waals surface area contributed by atoms with E-state index in [4.69, 9.17) is 5.11 Å². The van der Waals surface area contributed by atoms with Crippen LogP contribution >= 0.6 is 0 Å². The maximum absolute atomic E-state index is 13.9. The molecule has 0 unspecified atom stereocenters. The number of carboxylic acids is 1. The molecule has 0 spiro atoms. The molecule has 0 bridgehead atoms. The summed E-state index contributed by atoms with van der Waals surface area (Å²) in [5, 5.41) is 8.61. The van der Waals surface area contributed by atoms with E-state index in [2.05, 4.69) is 0 Å². The highest BCUT2D eigenvalue weighted by Gasteiger charge is 2.09. The molecular weight excluding hydrogens is 250 g/mol. The average Bonchev–Trinajstić information content (AvgIpc) is 2.38. The first kappa shape index (κ1) is 13.0. The summed E-state index contributed by atoms with van der Waals surface area (Å²) in [6.45, 7) is 0.